The number of imidazole rings is 1. The molecule has 0 saturated heterocycles. The molecule has 1 aromatic heterocycles. The SMILES string of the molecule is CCCn1c(-c2ccc(C(C)C)cc2)nc2c(Br)ccc(OC)c21. The summed E-state index contributed by atoms with van der Waals surface area (Å²) in [5.74, 6) is 2.38. The molecule has 3 nitrogen and oxygen atoms in total. The van der Waals surface area contributed by atoms with Crippen molar-refractivity contribution in [3.63, 3.8) is 0 Å². The van der Waals surface area contributed by atoms with Gasteiger partial charge in [0, 0.05) is 16.6 Å². The molecule has 0 amide bonds. The Bertz CT molecular complexity index is 850. The maximum absolute atomic E-state index is 5.59. The molecule has 1 heterocycles. The highest BCUT2D eigenvalue weighted by Gasteiger charge is 2.18. The van der Waals surface area contributed by atoms with Crippen molar-refractivity contribution < 1.29 is 4.74 Å². The van der Waals surface area contributed by atoms with Gasteiger partial charge in [-0.05, 0) is 46.0 Å². The number of rotatable bonds is 5. The first-order chi connectivity index (χ1) is 11.6. The highest BCUT2D eigenvalue weighted by molar-refractivity contribution is 9.10. The van der Waals surface area contributed by atoms with Crippen LogP contribution in [0.25, 0.3) is 22.4 Å². The van der Waals surface area contributed by atoms with Gasteiger partial charge in [-0.25, -0.2) is 4.98 Å². The molecule has 3 rings (SSSR count). The summed E-state index contributed by atoms with van der Waals surface area (Å²) < 4.78 is 8.85. The van der Waals surface area contributed by atoms with Crippen LogP contribution in [0.5, 0.6) is 5.75 Å². The molecule has 126 valence electrons. The molecule has 0 spiro atoms. The molecule has 4 heteroatoms. The van der Waals surface area contributed by atoms with Crippen LogP contribution in [-0.2, 0) is 6.54 Å². The molecule has 0 aliphatic carbocycles. The summed E-state index contributed by atoms with van der Waals surface area (Å²) in [7, 11) is 1.71. The maximum atomic E-state index is 5.59. The fourth-order valence-electron chi connectivity index (χ4n) is 3.02. The second-order valence-electron chi connectivity index (χ2n) is 6.31. The number of fused-ring (bicyclic) bond motifs is 1. The Labute approximate surface area is 151 Å². The molecule has 0 unspecified atom stereocenters. The van der Waals surface area contributed by atoms with Crippen LogP contribution >= 0.6 is 15.9 Å². The summed E-state index contributed by atoms with van der Waals surface area (Å²) in [4.78, 5) is 4.92. The smallest absolute Gasteiger partial charge is 0.144 e. The minimum atomic E-state index is 0.530. The van der Waals surface area contributed by atoms with E-state index in [0.29, 0.717) is 5.92 Å². The average Bonchev–Trinajstić information content (AvgIpc) is 2.96. The number of halogens is 1. The Balaban J connectivity index is 2.23. The van der Waals surface area contributed by atoms with Crippen molar-refractivity contribution in [1.82, 2.24) is 9.55 Å². The Hall–Kier alpha value is -1.81. The summed E-state index contributed by atoms with van der Waals surface area (Å²) in [6.45, 7) is 7.51. The van der Waals surface area contributed by atoms with E-state index in [0.717, 1.165) is 45.6 Å². The lowest BCUT2D eigenvalue weighted by Gasteiger charge is -2.11. The van der Waals surface area contributed by atoms with E-state index >= 15 is 0 Å². The minimum absolute atomic E-state index is 0.530. The van der Waals surface area contributed by atoms with Gasteiger partial charge in [0.2, 0.25) is 0 Å². The van der Waals surface area contributed by atoms with Gasteiger partial charge in [0.1, 0.15) is 22.6 Å². The van der Waals surface area contributed by atoms with Crippen molar-refractivity contribution in [2.24, 2.45) is 0 Å². The second kappa shape index (κ2) is 6.98. The Morgan fingerprint density at radius 1 is 1.12 bits per heavy atom. The lowest BCUT2D eigenvalue weighted by atomic mass is 10.0. The van der Waals surface area contributed by atoms with Crippen molar-refractivity contribution in [3.05, 3.63) is 46.4 Å². The van der Waals surface area contributed by atoms with E-state index in [2.05, 4.69) is 65.5 Å². The van der Waals surface area contributed by atoms with Gasteiger partial charge in [-0.15, -0.1) is 0 Å². The Kier molecular flexibility index (Phi) is 4.95. The summed E-state index contributed by atoms with van der Waals surface area (Å²) in [6.07, 6.45) is 1.04. The topological polar surface area (TPSA) is 27.1 Å². The van der Waals surface area contributed by atoms with Crippen molar-refractivity contribution in [3.8, 4) is 17.1 Å². The molecule has 2 aromatic carbocycles. The molecule has 0 aliphatic heterocycles. The third-order valence-corrected chi connectivity index (χ3v) is 4.95. The van der Waals surface area contributed by atoms with Crippen molar-refractivity contribution >= 4 is 27.0 Å². The lowest BCUT2D eigenvalue weighted by molar-refractivity contribution is 0.417. The standard InChI is InChI=1S/C20H23BrN2O/c1-5-12-23-19-17(24-4)11-10-16(21)18(19)22-20(23)15-8-6-14(7-9-15)13(2)3/h6-11,13H,5,12H2,1-4H3. The number of hydrogen-bond donors (Lipinski definition) is 0. The minimum Gasteiger partial charge on any atom is -0.494 e. The van der Waals surface area contributed by atoms with Crippen LogP contribution in [0, 0.1) is 0 Å². The third kappa shape index (κ3) is 2.95. The van der Waals surface area contributed by atoms with Gasteiger partial charge < -0.3 is 9.30 Å². The number of benzene rings is 2. The first kappa shape index (κ1) is 17.0. The number of ether oxygens (including phenoxy) is 1. The monoisotopic (exact) mass is 386 g/mol. The molecule has 24 heavy (non-hydrogen) atoms. The number of nitrogens with zero attached hydrogens (tertiary/aromatic N) is 2. The average molecular weight is 387 g/mol. The van der Waals surface area contributed by atoms with E-state index in [1.54, 1.807) is 7.11 Å². The van der Waals surface area contributed by atoms with Crippen molar-refractivity contribution in [1.29, 1.82) is 0 Å². The third-order valence-electron chi connectivity index (χ3n) is 4.31. The van der Waals surface area contributed by atoms with Gasteiger partial charge in [0.25, 0.3) is 0 Å². The zero-order valence-corrected chi connectivity index (χ0v) is 16.2. The normalized spacial score (nSPS) is 11.4. The fourth-order valence-corrected chi connectivity index (χ4v) is 3.43. The van der Waals surface area contributed by atoms with E-state index in [9.17, 15) is 0 Å². The summed E-state index contributed by atoms with van der Waals surface area (Å²) in [5.41, 5.74) is 4.48. The molecule has 3 aromatic rings. The molecule has 0 atom stereocenters. The number of aromatic nitrogens is 2. The van der Waals surface area contributed by atoms with E-state index in [4.69, 9.17) is 9.72 Å². The lowest BCUT2D eigenvalue weighted by Crippen LogP contribution is -2.01. The summed E-state index contributed by atoms with van der Waals surface area (Å²) >= 11 is 3.63. The molecular weight excluding hydrogens is 364 g/mol. The van der Waals surface area contributed by atoms with Gasteiger partial charge >= 0.3 is 0 Å². The predicted octanol–water partition coefficient (Wildman–Crippen LogP) is 6.01. The summed E-state index contributed by atoms with van der Waals surface area (Å²) in [6, 6.07) is 12.7. The second-order valence-corrected chi connectivity index (χ2v) is 7.16. The highest BCUT2D eigenvalue weighted by Crippen LogP contribution is 2.35. The molecular formula is C20H23BrN2O. The number of aryl methyl sites for hydroxylation is 1. The quantitative estimate of drug-likeness (QED) is 0.536. The predicted molar refractivity (Wildman–Crippen MR) is 104 cm³/mol. The van der Waals surface area contributed by atoms with E-state index in [-0.39, 0.29) is 0 Å². The van der Waals surface area contributed by atoms with Gasteiger partial charge in [0.15, 0.2) is 0 Å². The zero-order chi connectivity index (χ0) is 17.3. The number of methoxy groups -OCH3 is 1. The molecule has 0 aliphatic rings. The van der Waals surface area contributed by atoms with E-state index in [1.807, 2.05) is 12.1 Å². The van der Waals surface area contributed by atoms with Crippen LogP contribution in [0.15, 0.2) is 40.9 Å². The maximum Gasteiger partial charge on any atom is 0.144 e. The van der Waals surface area contributed by atoms with Crippen LogP contribution in [0.3, 0.4) is 0 Å². The largest absolute Gasteiger partial charge is 0.494 e. The molecule has 0 N–H and O–H groups in total. The first-order valence-corrected chi connectivity index (χ1v) is 9.19. The van der Waals surface area contributed by atoms with Gasteiger partial charge in [0.05, 0.1) is 7.11 Å². The molecule has 0 bridgehead atoms. The van der Waals surface area contributed by atoms with Crippen LogP contribution in [-0.4, -0.2) is 16.7 Å². The van der Waals surface area contributed by atoms with Crippen LogP contribution < -0.4 is 4.74 Å². The molecule has 0 saturated carbocycles. The van der Waals surface area contributed by atoms with Crippen LogP contribution in [0.1, 0.15) is 38.7 Å². The van der Waals surface area contributed by atoms with E-state index < -0.39 is 0 Å². The Morgan fingerprint density at radius 2 is 1.83 bits per heavy atom. The van der Waals surface area contributed by atoms with Crippen LogP contribution in [0.2, 0.25) is 0 Å². The van der Waals surface area contributed by atoms with Gasteiger partial charge in [-0.3, -0.25) is 0 Å². The summed E-state index contributed by atoms with van der Waals surface area (Å²) in [5, 5.41) is 0. The molecule has 0 radical (unpaired) electrons. The van der Waals surface area contributed by atoms with Crippen molar-refractivity contribution in [2.45, 2.75) is 39.7 Å². The van der Waals surface area contributed by atoms with Crippen molar-refractivity contribution in [2.75, 3.05) is 7.11 Å². The first-order valence-electron chi connectivity index (χ1n) is 8.39. The Morgan fingerprint density at radius 3 is 2.42 bits per heavy atom. The molecule has 0 fully saturated rings. The van der Waals surface area contributed by atoms with Gasteiger partial charge in [-0.1, -0.05) is 45.0 Å². The zero-order valence-electron chi connectivity index (χ0n) is 14.6. The van der Waals surface area contributed by atoms with Gasteiger partial charge in [-0.2, -0.15) is 0 Å². The fraction of sp³-hybridized carbons (Fsp3) is 0.350. The highest BCUT2D eigenvalue weighted by atomic mass is 79.9. The van der Waals surface area contributed by atoms with E-state index in [1.165, 1.54) is 5.56 Å². The van der Waals surface area contributed by atoms with Crippen LogP contribution in [0.4, 0.5) is 0 Å². The number of hydrogen-bond acceptors (Lipinski definition) is 2.